The number of phenolic OH excluding ortho intramolecular Hbond substituents is 1. The topological polar surface area (TPSA) is 60.9 Å². The Morgan fingerprint density at radius 2 is 1.94 bits per heavy atom. The van der Waals surface area contributed by atoms with Crippen molar-refractivity contribution in [1.29, 1.82) is 0 Å². The second-order valence-electron chi connectivity index (χ2n) is 3.89. The van der Waals surface area contributed by atoms with Gasteiger partial charge in [0.05, 0.1) is 0 Å². The molecule has 1 aromatic carbocycles. The zero-order valence-corrected chi connectivity index (χ0v) is 9.37. The van der Waals surface area contributed by atoms with Gasteiger partial charge in [-0.05, 0) is 24.3 Å². The summed E-state index contributed by atoms with van der Waals surface area (Å²) in [6, 6.07) is 6.43. The van der Waals surface area contributed by atoms with Gasteiger partial charge >= 0.3 is 6.03 Å². The number of rotatable bonds is 4. The minimum atomic E-state index is -0.0856. The molecule has 2 rings (SSSR count). The minimum absolute atomic E-state index is 0.0856. The third kappa shape index (κ3) is 2.38. The number of carbonyl (C=O) groups excluding carboxylic acids is 2. The van der Waals surface area contributed by atoms with Crippen LogP contribution < -0.4 is 4.90 Å². The van der Waals surface area contributed by atoms with Gasteiger partial charge in [-0.2, -0.15) is 0 Å². The Morgan fingerprint density at radius 1 is 1.24 bits per heavy atom. The normalized spacial score (nSPS) is 15.4. The van der Waals surface area contributed by atoms with Crippen molar-refractivity contribution < 1.29 is 14.7 Å². The van der Waals surface area contributed by atoms with Gasteiger partial charge in [0.15, 0.2) is 0 Å². The van der Waals surface area contributed by atoms with Crippen LogP contribution in [-0.2, 0) is 4.79 Å². The molecule has 17 heavy (non-hydrogen) atoms. The van der Waals surface area contributed by atoms with Crippen LogP contribution >= 0.6 is 0 Å². The Morgan fingerprint density at radius 3 is 2.59 bits per heavy atom. The molecule has 0 bridgehead atoms. The highest BCUT2D eigenvalue weighted by Gasteiger charge is 2.28. The number of nitrogens with zero attached hydrogens (tertiary/aromatic N) is 2. The van der Waals surface area contributed by atoms with Crippen LogP contribution in [0.15, 0.2) is 24.3 Å². The van der Waals surface area contributed by atoms with E-state index in [1.807, 2.05) is 0 Å². The average Bonchev–Trinajstić information content (AvgIpc) is 2.69. The maximum absolute atomic E-state index is 12.0. The van der Waals surface area contributed by atoms with Crippen molar-refractivity contribution in [2.24, 2.45) is 0 Å². The fraction of sp³-hybridized carbons (Fsp3) is 0.333. The number of hydrogen-bond donors (Lipinski definition) is 1. The highest BCUT2D eigenvalue weighted by molar-refractivity contribution is 5.94. The summed E-state index contributed by atoms with van der Waals surface area (Å²) in [6.07, 6.45) is 1.19. The van der Waals surface area contributed by atoms with Crippen molar-refractivity contribution in [2.45, 2.75) is 6.42 Å². The summed E-state index contributed by atoms with van der Waals surface area (Å²) in [5.41, 5.74) is 0.765. The van der Waals surface area contributed by atoms with E-state index in [1.165, 1.54) is 0 Å². The van der Waals surface area contributed by atoms with Crippen LogP contribution in [0.5, 0.6) is 5.75 Å². The van der Waals surface area contributed by atoms with E-state index in [1.54, 1.807) is 34.1 Å². The molecule has 0 atom stereocenters. The molecule has 1 saturated heterocycles. The van der Waals surface area contributed by atoms with Crippen molar-refractivity contribution in [3.8, 4) is 5.75 Å². The molecular weight excluding hydrogens is 220 g/mol. The number of phenols is 1. The molecule has 5 nitrogen and oxygen atoms in total. The number of urea groups is 1. The van der Waals surface area contributed by atoms with Crippen molar-refractivity contribution in [1.82, 2.24) is 4.90 Å². The predicted octanol–water partition coefficient (Wildman–Crippen LogP) is 1.22. The Kier molecular flexibility index (Phi) is 3.27. The second-order valence-corrected chi connectivity index (χ2v) is 3.89. The van der Waals surface area contributed by atoms with Crippen molar-refractivity contribution in [2.75, 3.05) is 24.5 Å². The SMILES string of the molecule is O=CCCN1CCN(c2ccc(O)cc2)C1=O. The van der Waals surface area contributed by atoms with E-state index < -0.39 is 0 Å². The summed E-state index contributed by atoms with van der Waals surface area (Å²) in [6.45, 7) is 1.72. The number of anilines is 1. The van der Waals surface area contributed by atoms with Gasteiger partial charge in [-0.3, -0.25) is 4.90 Å². The van der Waals surface area contributed by atoms with E-state index in [0.29, 0.717) is 26.1 Å². The highest BCUT2D eigenvalue weighted by Crippen LogP contribution is 2.22. The molecule has 1 aromatic rings. The zero-order chi connectivity index (χ0) is 12.3. The number of amides is 2. The number of carbonyl (C=O) groups is 2. The third-order valence-corrected chi connectivity index (χ3v) is 2.77. The molecule has 1 N–H and O–H groups in total. The van der Waals surface area contributed by atoms with E-state index in [-0.39, 0.29) is 11.8 Å². The van der Waals surface area contributed by atoms with Gasteiger partial charge in [-0.25, -0.2) is 4.79 Å². The monoisotopic (exact) mass is 234 g/mol. The minimum Gasteiger partial charge on any atom is -0.508 e. The van der Waals surface area contributed by atoms with Gasteiger partial charge in [0.1, 0.15) is 12.0 Å². The molecule has 0 aromatic heterocycles. The van der Waals surface area contributed by atoms with E-state index in [0.717, 1.165) is 12.0 Å². The molecular formula is C12H14N2O3. The van der Waals surface area contributed by atoms with Gasteiger partial charge in [-0.1, -0.05) is 0 Å². The summed E-state index contributed by atoms with van der Waals surface area (Å²) in [5, 5.41) is 9.18. The molecule has 1 aliphatic rings. The summed E-state index contributed by atoms with van der Waals surface area (Å²) in [7, 11) is 0. The fourth-order valence-electron chi connectivity index (χ4n) is 1.87. The van der Waals surface area contributed by atoms with Gasteiger partial charge in [0, 0.05) is 31.7 Å². The number of hydrogen-bond acceptors (Lipinski definition) is 3. The van der Waals surface area contributed by atoms with Gasteiger partial charge in [-0.15, -0.1) is 0 Å². The van der Waals surface area contributed by atoms with Crippen LogP contribution in [0.1, 0.15) is 6.42 Å². The molecule has 0 spiro atoms. The van der Waals surface area contributed by atoms with E-state index in [9.17, 15) is 14.7 Å². The highest BCUT2D eigenvalue weighted by atomic mass is 16.3. The molecule has 1 heterocycles. The van der Waals surface area contributed by atoms with Crippen molar-refractivity contribution in [3.63, 3.8) is 0 Å². The van der Waals surface area contributed by atoms with Crippen LogP contribution in [0, 0.1) is 0 Å². The van der Waals surface area contributed by atoms with Crippen LogP contribution in [0.3, 0.4) is 0 Å². The van der Waals surface area contributed by atoms with Gasteiger partial charge in [0.2, 0.25) is 0 Å². The number of benzene rings is 1. The number of aromatic hydroxyl groups is 1. The summed E-state index contributed by atoms with van der Waals surface area (Å²) in [5.74, 6) is 0.179. The third-order valence-electron chi connectivity index (χ3n) is 2.77. The first-order chi connectivity index (χ1) is 8.22. The largest absolute Gasteiger partial charge is 0.508 e. The molecule has 1 aliphatic heterocycles. The van der Waals surface area contributed by atoms with Crippen LogP contribution in [0.4, 0.5) is 10.5 Å². The van der Waals surface area contributed by atoms with E-state index in [4.69, 9.17) is 0 Å². The van der Waals surface area contributed by atoms with Gasteiger partial charge in [0.25, 0.3) is 0 Å². The molecule has 0 unspecified atom stereocenters. The zero-order valence-electron chi connectivity index (χ0n) is 9.37. The average molecular weight is 234 g/mol. The molecule has 0 aliphatic carbocycles. The standard InChI is InChI=1S/C12H14N2O3/c15-9-1-6-13-7-8-14(12(13)17)10-2-4-11(16)5-3-10/h2-5,9,16H,1,6-8H2. The van der Waals surface area contributed by atoms with Crippen molar-refractivity contribution in [3.05, 3.63) is 24.3 Å². The van der Waals surface area contributed by atoms with E-state index in [2.05, 4.69) is 0 Å². The molecule has 0 radical (unpaired) electrons. The maximum Gasteiger partial charge on any atom is 0.324 e. The van der Waals surface area contributed by atoms with Gasteiger partial charge < -0.3 is 14.8 Å². The Balaban J connectivity index is 2.06. The molecule has 90 valence electrons. The van der Waals surface area contributed by atoms with E-state index >= 15 is 0 Å². The first-order valence-electron chi connectivity index (χ1n) is 5.51. The smallest absolute Gasteiger partial charge is 0.324 e. The Bertz CT molecular complexity index is 416. The predicted molar refractivity (Wildman–Crippen MR) is 63.1 cm³/mol. The summed E-state index contributed by atoms with van der Waals surface area (Å²) < 4.78 is 0. The number of aldehydes is 1. The first kappa shape index (κ1) is 11.4. The summed E-state index contributed by atoms with van der Waals surface area (Å²) in [4.78, 5) is 25.5. The van der Waals surface area contributed by atoms with Crippen molar-refractivity contribution >= 4 is 18.0 Å². The Hall–Kier alpha value is -2.04. The lowest BCUT2D eigenvalue weighted by Gasteiger charge is -2.17. The Labute approximate surface area is 99.3 Å². The van der Waals surface area contributed by atoms with Crippen LogP contribution in [0.2, 0.25) is 0 Å². The lowest BCUT2D eigenvalue weighted by molar-refractivity contribution is -0.108. The lowest BCUT2D eigenvalue weighted by Crippen LogP contribution is -2.32. The molecule has 5 heteroatoms. The maximum atomic E-state index is 12.0. The summed E-state index contributed by atoms with van der Waals surface area (Å²) >= 11 is 0. The molecule has 0 saturated carbocycles. The fourth-order valence-corrected chi connectivity index (χ4v) is 1.87. The molecule has 1 fully saturated rings. The quantitative estimate of drug-likeness (QED) is 0.797. The second kappa shape index (κ2) is 4.86. The van der Waals surface area contributed by atoms with Crippen LogP contribution in [-0.4, -0.2) is 42.0 Å². The lowest BCUT2D eigenvalue weighted by atomic mass is 10.3. The van der Waals surface area contributed by atoms with Crippen LogP contribution in [0.25, 0.3) is 0 Å². The first-order valence-corrected chi connectivity index (χ1v) is 5.51. The molecule has 2 amide bonds.